The van der Waals surface area contributed by atoms with E-state index in [1.807, 2.05) is 18.2 Å². The Labute approximate surface area is 98.3 Å². The molecule has 2 rings (SSSR count). The minimum atomic E-state index is -0.0225. The molecule has 3 nitrogen and oxygen atoms in total. The van der Waals surface area contributed by atoms with Gasteiger partial charge in [0.2, 0.25) is 0 Å². The van der Waals surface area contributed by atoms with Gasteiger partial charge in [0.1, 0.15) is 0 Å². The summed E-state index contributed by atoms with van der Waals surface area (Å²) in [5.74, 6) is 0.457. The van der Waals surface area contributed by atoms with Crippen LogP contribution in [-0.4, -0.2) is 9.55 Å². The topological polar surface area (TPSA) is 34.9 Å². The maximum absolute atomic E-state index is 11.5. The van der Waals surface area contributed by atoms with Crippen LogP contribution in [0.4, 0.5) is 0 Å². The molecule has 0 N–H and O–H groups in total. The van der Waals surface area contributed by atoms with Crippen molar-refractivity contribution in [2.45, 2.75) is 12.4 Å². The van der Waals surface area contributed by atoms with E-state index < -0.39 is 0 Å². The van der Waals surface area contributed by atoms with Gasteiger partial charge in [-0.25, -0.2) is 0 Å². The molecule has 0 fully saturated rings. The van der Waals surface area contributed by atoms with Gasteiger partial charge in [-0.1, -0.05) is 12.1 Å². The van der Waals surface area contributed by atoms with E-state index in [2.05, 4.69) is 4.98 Å². The summed E-state index contributed by atoms with van der Waals surface area (Å²) in [7, 11) is 0. The number of aromatic nitrogens is 2. The second-order valence-electron chi connectivity index (χ2n) is 3.46. The molecule has 16 heavy (non-hydrogen) atoms. The Morgan fingerprint density at radius 2 is 2.12 bits per heavy atom. The van der Waals surface area contributed by atoms with E-state index in [1.54, 1.807) is 23.0 Å². The van der Waals surface area contributed by atoms with Crippen molar-refractivity contribution in [3.63, 3.8) is 0 Å². The molecule has 0 saturated carbocycles. The minimum absolute atomic E-state index is 0.0225. The molecule has 0 aliphatic carbocycles. The smallest absolute Gasteiger partial charge is 0.250 e. The first-order chi connectivity index (χ1) is 7.79. The first kappa shape index (κ1) is 10.9. The molecule has 2 aromatic rings. The molecular weight excluding hydrogens is 224 g/mol. The van der Waals surface area contributed by atoms with Crippen molar-refractivity contribution in [3.05, 3.63) is 64.3 Å². The molecule has 4 heteroatoms. The van der Waals surface area contributed by atoms with E-state index in [-0.39, 0.29) is 5.56 Å². The zero-order valence-corrected chi connectivity index (χ0v) is 9.39. The van der Waals surface area contributed by atoms with Crippen molar-refractivity contribution in [1.29, 1.82) is 0 Å². The van der Waals surface area contributed by atoms with Crippen LogP contribution in [0.25, 0.3) is 0 Å². The average molecular weight is 235 g/mol. The highest BCUT2D eigenvalue weighted by molar-refractivity contribution is 6.17. The Hall–Kier alpha value is -1.61. The monoisotopic (exact) mass is 234 g/mol. The molecule has 0 atom stereocenters. The molecule has 0 bridgehead atoms. The maximum atomic E-state index is 11.5. The summed E-state index contributed by atoms with van der Waals surface area (Å²) in [4.78, 5) is 15.7. The van der Waals surface area contributed by atoms with Crippen molar-refractivity contribution in [3.8, 4) is 0 Å². The lowest BCUT2D eigenvalue weighted by atomic mass is 10.2. The average Bonchev–Trinajstić information content (AvgIpc) is 2.33. The van der Waals surface area contributed by atoms with Crippen LogP contribution >= 0.6 is 11.6 Å². The molecule has 0 aliphatic rings. The SMILES string of the molecule is O=c1ccccn1Cc1ccc(CCl)cn1. The van der Waals surface area contributed by atoms with Crippen LogP contribution in [0.5, 0.6) is 0 Å². The number of pyridine rings is 2. The summed E-state index contributed by atoms with van der Waals surface area (Å²) in [5, 5.41) is 0. The number of nitrogens with zero attached hydrogens (tertiary/aromatic N) is 2. The maximum Gasteiger partial charge on any atom is 0.250 e. The van der Waals surface area contributed by atoms with Crippen LogP contribution in [0.15, 0.2) is 47.5 Å². The summed E-state index contributed by atoms with van der Waals surface area (Å²) in [6.45, 7) is 0.488. The highest BCUT2D eigenvalue weighted by Crippen LogP contribution is 2.04. The fourth-order valence-corrected chi connectivity index (χ4v) is 1.55. The number of hydrogen-bond acceptors (Lipinski definition) is 2. The predicted molar refractivity (Wildman–Crippen MR) is 63.6 cm³/mol. The molecule has 2 aromatic heterocycles. The fourth-order valence-electron chi connectivity index (χ4n) is 1.39. The largest absolute Gasteiger partial charge is 0.310 e. The molecular formula is C12H11ClN2O. The summed E-state index contributed by atoms with van der Waals surface area (Å²) >= 11 is 5.67. The number of alkyl halides is 1. The Morgan fingerprint density at radius 3 is 2.75 bits per heavy atom. The third-order valence-corrected chi connectivity index (χ3v) is 2.58. The molecule has 0 radical (unpaired) electrons. The van der Waals surface area contributed by atoms with Crippen molar-refractivity contribution in [1.82, 2.24) is 9.55 Å². The summed E-state index contributed by atoms with van der Waals surface area (Å²) in [6.07, 6.45) is 3.48. The van der Waals surface area contributed by atoms with E-state index in [0.29, 0.717) is 12.4 Å². The van der Waals surface area contributed by atoms with Gasteiger partial charge in [0, 0.05) is 24.3 Å². The van der Waals surface area contributed by atoms with Gasteiger partial charge >= 0.3 is 0 Å². The van der Waals surface area contributed by atoms with Gasteiger partial charge < -0.3 is 4.57 Å². The van der Waals surface area contributed by atoms with Gasteiger partial charge in [-0.05, 0) is 17.7 Å². The van der Waals surface area contributed by atoms with E-state index in [0.717, 1.165) is 11.3 Å². The van der Waals surface area contributed by atoms with E-state index in [9.17, 15) is 4.79 Å². The zero-order chi connectivity index (χ0) is 11.4. The van der Waals surface area contributed by atoms with Crippen molar-refractivity contribution in [2.24, 2.45) is 0 Å². The summed E-state index contributed by atoms with van der Waals surface area (Å²) in [5.41, 5.74) is 1.80. The highest BCUT2D eigenvalue weighted by Gasteiger charge is 1.98. The third-order valence-electron chi connectivity index (χ3n) is 2.27. The minimum Gasteiger partial charge on any atom is -0.310 e. The van der Waals surface area contributed by atoms with Gasteiger partial charge in [-0.3, -0.25) is 9.78 Å². The predicted octanol–water partition coefficient (Wildman–Crippen LogP) is 2.03. The summed E-state index contributed by atoms with van der Waals surface area (Å²) in [6, 6.07) is 8.89. The second kappa shape index (κ2) is 4.94. The van der Waals surface area contributed by atoms with Crippen LogP contribution in [0.3, 0.4) is 0 Å². The number of rotatable bonds is 3. The molecule has 0 unspecified atom stereocenters. The van der Waals surface area contributed by atoms with Crippen LogP contribution in [0, 0.1) is 0 Å². The number of halogens is 1. The quantitative estimate of drug-likeness (QED) is 0.762. The fraction of sp³-hybridized carbons (Fsp3) is 0.167. The Morgan fingerprint density at radius 1 is 1.25 bits per heavy atom. The van der Waals surface area contributed by atoms with Gasteiger partial charge in [0.25, 0.3) is 5.56 Å². The van der Waals surface area contributed by atoms with Crippen LogP contribution < -0.4 is 5.56 Å². The van der Waals surface area contributed by atoms with Crippen molar-refractivity contribution in [2.75, 3.05) is 0 Å². The first-order valence-corrected chi connectivity index (χ1v) is 5.48. The standard InChI is InChI=1S/C12H11ClN2O/c13-7-10-4-5-11(14-8-10)9-15-6-2-1-3-12(15)16/h1-6,8H,7,9H2. The molecule has 0 spiro atoms. The molecule has 0 saturated heterocycles. The number of hydrogen-bond donors (Lipinski definition) is 0. The van der Waals surface area contributed by atoms with Gasteiger partial charge in [-0.15, -0.1) is 11.6 Å². The van der Waals surface area contributed by atoms with Crippen LogP contribution in [-0.2, 0) is 12.4 Å². The van der Waals surface area contributed by atoms with Crippen LogP contribution in [0.2, 0.25) is 0 Å². The molecule has 0 amide bonds. The normalized spacial score (nSPS) is 10.3. The Bertz CT molecular complexity index is 519. The zero-order valence-electron chi connectivity index (χ0n) is 8.64. The van der Waals surface area contributed by atoms with Gasteiger partial charge in [0.15, 0.2) is 0 Å². The molecule has 82 valence electrons. The van der Waals surface area contributed by atoms with Crippen molar-refractivity contribution < 1.29 is 0 Å². The Balaban J connectivity index is 2.21. The van der Waals surface area contributed by atoms with Gasteiger partial charge in [0.05, 0.1) is 12.2 Å². The Kier molecular flexibility index (Phi) is 3.37. The van der Waals surface area contributed by atoms with Crippen LogP contribution in [0.1, 0.15) is 11.3 Å². The third kappa shape index (κ3) is 2.49. The summed E-state index contributed by atoms with van der Waals surface area (Å²) < 4.78 is 1.61. The second-order valence-corrected chi connectivity index (χ2v) is 3.73. The van der Waals surface area contributed by atoms with E-state index in [1.165, 1.54) is 6.07 Å². The van der Waals surface area contributed by atoms with Gasteiger partial charge in [-0.2, -0.15) is 0 Å². The molecule has 0 aromatic carbocycles. The lowest BCUT2D eigenvalue weighted by Gasteiger charge is -2.04. The first-order valence-electron chi connectivity index (χ1n) is 4.95. The molecule has 0 aliphatic heterocycles. The van der Waals surface area contributed by atoms with E-state index >= 15 is 0 Å². The lowest BCUT2D eigenvalue weighted by molar-refractivity contribution is 0.739. The van der Waals surface area contributed by atoms with E-state index in [4.69, 9.17) is 11.6 Å². The lowest BCUT2D eigenvalue weighted by Crippen LogP contribution is -2.18. The molecule has 2 heterocycles. The van der Waals surface area contributed by atoms with Crippen molar-refractivity contribution >= 4 is 11.6 Å². The highest BCUT2D eigenvalue weighted by atomic mass is 35.5.